The van der Waals surface area contributed by atoms with Crippen LogP contribution in [0.15, 0.2) is 28.7 Å². The van der Waals surface area contributed by atoms with Gasteiger partial charge >= 0.3 is 0 Å². The van der Waals surface area contributed by atoms with Gasteiger partial charge in [-0.3, -0.25) is 4.79 Å². The third-order valence-electron chi connectivity index (χ3n) is 1.96. The minimum Gasteiger partial charge on any atom is -0.365 e. The van der Waals surface area contributed by atoms with Crippen molar-refractivity contribution >= 4 is 21.7 Å². The van der Waals surface area contributed by atoms with Crippen molar-refractivity contribution in [1.82, 2.24) is 0 Å². The van der Waals surface area contributed by atoms with E-state index in [9.17, 15) is 4.79 Å². The standard InChI is InChI=1S/C10H9BrO2/c11-8-3-1-2-7(4-8)5-9(12)10-6-13-10/h1-4,10H,5-6H2/t10-/m1/s1. The molecule has 0 bridgehead atoms. The predicted octanol–water partition coefficient (Wildman–Crippen LogP) is 1.96. The summed E-state index contributed by atoms with van der Waals surface area (Å²) in [6.07, 6.45) is 0.350. The Hall–Kier alpha value is -0.670. The van der Waals surface area contributed by atoms with Crippen LogP contribution in [0.5, 0.6) is 0 Å². The second-order valence-electron chi connectivity index (χ2n) is 3.09. The molecule has 2 rings (SSSR count). The molecule has 13 heavy (non-hydrogen) atoms. The highest BCUT2D eigenvalue weighted by molar-refractivity contribution is 9.10. The monoisotopic (exact) mass is 240 g/mol. The van der Waals surface area contributed by atoms with E-state index in [-0.39, 0.29) is 11.9 Å². The van der Waals surface area contributed by atoms with Gasteiger partial charge in [0.2, 0.25) is 0 Å². The van der Waals surface area contributed by atoms with E-state index in [0.717, 1.165) is 10.0 Å². The summed E-state index contributed by atoms with van der Waals surface area (Å²) in [6.45, 7) is 0.604. The molecule has 0 radical (unpaired) electrons. The molecule has 1 fully saturated rings. The molecule has 1 heterocycles. The number of rotatable bonds is 3. The number of hydrogen-bond donors (Lipinski definition) is 0. The van der Waals surface area contributed by atoms with Crippen LogP contribution in [-0.4, -0.2) is 18.5 Å². The first kappa shape index (κ1) is 8.91. The minimum absolute atomic E-state index is 0.126. The molecule has 0 unspecified atom stereocenters. The molecule has 1 aromatic carbocycles. The molecule has 0 spiro atoms. The van der Waals surface area contributed by atoms with Crippen molar-refractivity contribution in [1.29, 1.82) is 0 Å². The Kier molecular flexibility index (Phi) is 2.47. The molecule has 3 heteroatoms. The zero-order valence-corrected chi connectivity index (χ0v) is 8.58. The van der Waals surface area contributed by atoms with Crippen LogP contribution in [0.1, 0.15) is 5.56 Å². The summed E-state index contributed by atoms with van der Waals surface area (Å²) in [7, 11) is 0. The van der Waals surface area contributed by atoms with Crippen molar-refractivity contribution < 1.29 is 9.53 Å². The molecule has 0 saturated carbocycles. The van der Waals surface area contributed by atoms with Crippen molar-refractivity contribution in [2.75, 3.05) is 6.61 Å². The van der Waals surface area contributed by atoms with E-state index >= 15 is 0 Å². The van der Waals surface area contributed by atoms with E-state index < -0.39 is 0 Å². The summed E-state index contributed by atoms with van der Waals surface area (Å²) in [5.41, 5.74) is 1.04. The molecular formula is C10H9BrO2. The van der Waals surface area contributed by atoms with Gasteiger partial charge in [-0.15, -0.1) is 0 Å². The second-order valence-corrected chi connectivity index (χ2v) is 4.01. The van der Waals surface area contributed by atoms with E-state index in [4.69, 9.17) is 4.74 Å². The van der Waals surface area contributed by atoms with Gasteiger partial charge in [-0.05, 0) is 17.7 Å². The first-order valence-corrected chi connectivity index (χ1v) is 4.94. The lowest BCUT2D eigenvalue weighted by atomic mass is 10.1. The molecule has 0 aromatic heterocycles. The summed E-state index contributed by atoms with van der Waals surface area (Å²) < 4.78 is 5.92. The molecular weight excluding hydrogens is 232 g/mol. The van der Waals surface area contributed by atoms with Gasteiger partial charge in [0.15, 0.2) is 5.78 Å². The lowest BCUT2D eigenvalue weighted by Gasteiger charge is -1.98. The Morgan fingerprint density at radius 2 is 2.38 bits per heavy atom. The zero-order chi connectivity index (χ0) is 9.26. The van der Waals surface area contributed by atoms with Crippen molar-refractivity contribution in [3.8, 4) is 0 Å². The van der Waals surface area contributed by atoms with Gasteiger partial charge in [0.25, 0.3) is 0 Å². The smallest absolute Gasteiger partial charge is 0.168 e. The molecule has 1 aliphatic rings. The molecule has 1 atom stereocenters. The number of epoxide rings is 1. The van der Waals surface area contributed by atoms with Crippen LogP contribution in [0.2, 0.25) is 0 Å². The van der Waals surface area contributed by atoms with Crippen LogP contribution < -0.4 is 0 Å². The highest BCUT2D eigenvalue weighted by Gasteiger charge is 2.30. The molecule has 2 nitrogen and oxygen atoms in total. The Morgan fingerprint density at radius 1 is 1.62 bits per heavy atom. The summed E-state index contributed by atoms with van der Waals surface area (Å²) in [5, 5.41) is 0. The van der Waals surface area contributed by atoms with E-state index in [1.54, 1.807) is 0 Å². The van der Waals surface area contributed by atoms with E-state index in [0.29, 0.717) is 13.0 Å². The lowest BCUT2D eigenvalue weighted by Crippen LogP contribution is -2.09. The number of ketones is 1. The third-order valence-corrected chi connectivity index (χ3v) is 2.45. The number of carbonyl (C=O) groups is 1. The summed E-state index contributed by atoms with van der Waals surface area (Å²) in [6, 6.07) is 7.79. The maximum atomic E-state index is 11.3. The first-order chi connectivity index (χ1) is 6.25. The fourth-order valence-electron chi connectivity index (χ4n) is 1.20. The first-order valence-electron chi connectivity index (χ1n) is 4.14. The SMILES string of the molecule is O=C(Cc1cccc(Br)c1)[C@H]1CO1. The normalized spacial score (nSPS) is 19.9. The molecule has 0 aliphatic carbocycles. The number of hydrogen-bond acceptors (Lipinski definition) is 2. The Morgan fingerprint density at radius 3 is 3.00 bits per heavy atom. The second kappa shape index (κ2) is 3.60. The van der Waals surface area contributed by atoms with Gasteiger partial charge in [-0.1, -0.05) is 28.1 Å². The van der Waals surface area contributed by atoms with Crippen molar-refractivity contribution in [3.63, 3.8) is 0 Å². The summed E-state index contributed by atoms with van der Waals surface area (Å²) >= 11 is 3.36. The lowest BCUT2D eigenvalue weighted by molar-refractivity contribution is -0.119. The number of ether oxygens (including phenoxy) is 1. The van der Waals surface area contributed by atoms with E-state index in [1.807, 2.05) is 24.3 Å². The van der Waals surface area contributed by atoms with Gasteiger partial charge in [0.05, 0.1) is 6.61 Å². The van der Waals surface area contributed by atoms with Crippen LogP contribution in [0.4, 0.5) is 0 Å². The van der Waals surface area contributed by atoms with Crippen LogP contribution >= 0.6 is 15.9 Å². The summed E-state index contributed by atoms with van der Waals surface area (Å²) in [4.78, 5) is 11.3. The topological polar surface area (TPSA) is 29.6 Å². The Labute approximate surface area is 85.0 Å². The van der Waals surface area contributed by atoms with Crippen molar-refractivity contribution in [2.45, 2.75) is 12.5 Å². The van der Waals surface area contributed by atoms with Crippen LogP contribution in [-0.2, 0) is 16.0 Å². The highest BCUT2D eigenvalue weighted by atomic mass is 79.9. The minimum atomic E-state index is -0.126. The summed E-state index contributed by atoms with van der Waals surface area (Å²) in [5.74, 6) is 0.179. The quantitative estimate of drug-likeness (QED) is 0.757. The maximum absolute atomic E-state index is 11.3. The maximum Gasteiger partial charge on any atom is 0.168 e. The number of halogens is 1. The predicted molar refractivity (Wildman–Crippen MR) is 52.6 cm³/mol. The van der Waals surface area contributed by atoms with Crippen LogP contribution in [0.3, 0.4) is 0 Å². The largest absolute Gasteiger partial charge is 0.365 e. The Balaban J connectivity index is 2.04. The van der Waals surface area contributed by atoms with Crippen LogP contribution in [0.25, 0.3) is 0 Å². The average molecular weight is 241 g/mol. The van der Waals surface area contributed by atoms with Crippen molar-refractivity contribution in [2.24, 2.45) is 0 Å². The van der Waals surface area contributed by atoms with Gasteiger partial charge < -0.3 is 4.74 Å². The number of carbonyl (C=O) groups excluding carboxylic acids is 1. The third kappa shape index (κ3) is 2.39. The molecule has 1 aromatic rings. The van der Waals surface area contributed by atoms with Gasteiger partial charge in [-0.25, -0.2) is 0 Å². The average Bonchev–Trinajstić information content (AvgIpc) is 2.85. The molecule has 1 saturated heterocycles. The molecule has 68 valence electrons. The van der Waals surface area contributed by atoms with E-state index in [2.05, 4.69) is 15.9 Å². The number of Topliss-reactive ketones (excluding diaryl/α,β-unsaturated/α-hetero) is 1. The van der Waals surface area contributed by atoms with E-state index in [1.165, 1.54) is 0 Å². The molecule has 0 N–H and O–H groups in total. The Bertz CT molecular complexity index is 331. The van der Waals surface area contributed by atoms with Gasteiger partial charge in [-0.2, -0.15) is 0 Å². The zero-order valence-electron chi connectivity index (χ0n) is 7.00. The van der Waals surface area contributed by atoms with Gasteiger partial charge in [0.1, 0.15) is 6.10 Å². The van der Waals surface area contributed by atoms with Crippen LogP contribution in [0, 0.1) is 0 Å². The highest BCUT2D eigenvalue weighted by Crippen LogP contribution is 2.16. The van der Waals surface area contributed by atoms with Gasteiger partial charge in [0, 0.05) is 10.9 Å². The molecule has 0 amide bonds. The number of benzene rings is 1. The fraction of sp³-hybridized carbons (Fsp3) is 0.300. The fourth-order valence-corrected chi connectivity index (χ4v) is 1.64. The van der Waals surface area contributed by atoms with Crippen molar-refractivity contribution in [3.05, 3.63) is 34.3 Å². The molecule has 1 aliphatic heterocycles.